The summed E-state index contributed by atoms with van der Waals surface area (Å²) in [6.45, 7) is 1.42. The Hall–Kier alpha value is -2.42. The number of carbonyl (C=O) groups is 1. The number of aromatic hydroxyl groups is 1. The van der Waals surface area contributed by atoms with Gasteiger partial charge in [0, 0.05) is 11.8 Å². The molecule has 0 aromatic heterocycles. The third kappa shape index (κ3) is 2.63. The molecule has 3 nitrogen and oxygen atoms in total. The molecule has 0 aliphatic rings. The van der Waals surface area contributed by atoms with E-state index in [1.54, 1.807) is 24.4 Å². The van der Waals surface area contributed by atoms with Crippen LogP contribution in [0.2, 0.25) is 0 Å². The summed E-state index contributed by atoms with van der Waals surface area (Å²) in [5.41, 5.74) is 1.64. The molecule has 1 N–H and O–H groups in total. The van der Waals surface area contributed by atoms with Crippen LogP contribution in [-0.4, -0.2) is 17.1 Å². The molecule has 0 bridgehead atoms. The van der Waals surface area contributed by atoms with E-state index in [4.69, 9.17) is 0 Å². The van der Waals surface area contributed by atoms with Gasteiger partial charge in [-0.1, -0.05) is 24.3 Å². The van der Waals surface area contributed by atoms with E-state index in [0.717, 1.165) is 5.69 Å². The van der Waals surface area contributed by atoms with Gasteiger partial charge in [-0.2, -0.15) is 0 Å². The highest BCUT2D eigenvalue weighted by Gasteiger charge is 2.08. The number of Topliss-reactive ketones (excluding diaryl/α,β-unsaturated/α-hetero) is 1. The lowest BCUT2D eigenvalue weighted by atomic mass is 10.1. The van der Waals surface area contributed by atoms with Crippen LogP contribution < -0.4 is 0 Å². The number of phenols is 1. The molecule has 0 spiro atoms. The lowest BCUT2D eigenvalue weighted by Gasteiger charge is -2.03. The molecule has 0 aliphatic heterocycles. The van der Waals surface area contributed by atoms with E-state index >= 15 is 0 Å². The average molecular weight is 239 g/mol. The van der Waals surface area contributed by atoms with Gasteiger partial charge in [-0.3, -0.25) is 9.79 Å². The molecule has 0 atom stereocenters. The number of hydrogen-bond donors (Lipinski definition) is 1. The van der Waals surface area contributed by atoms with E-state index in [2.05, 4.69) is 4.99 Å². The molecule has 0 fully saturated rings. The predicted octanol–water partition coefficient (Wildman–Crippen LogP) is 3.35. The minimum Gasteiger partial charge on any atom is -0.507 e. The molecule has 2 aromatic carbocycles. The van der Waals surface area contributed by atoms with Crippen molar-refractivity contribution < 1.29 is 9.90 Å². The summed E-state index contributed by atoms with van der Waals surface area (Å²) in [7, 11) is 0. The quantitative estimate of drug-likeness (QED) is 0.659. The predicted molar refractivity (Wildman–Crippen MR) is 71.8 cm³/mol. The van der Waals surface area contributed by atoms with Crippen LogP contribution in [0.15, 0.2) is 53.5 Å². The molecular weight excluding hydrogens is 226 g/mol. The van der Waals surface area contributed by atoms with E-state index < -0.39 is 0 Å². The second-order valence-corrected chi connectivity index (χ2v) is 3.89. The van der Waals surface area contributed by atoms with Crippen LogP contribution in [-0.2, 0) is 0 Å². The van der Waals surface area contributed by atoms with Crippen LogP contribution in [0.4, 0.5) is 5.69 Å². The number of nitrogens with zero attached hydrogens (tertiary/aromatic N) is 1. The molecule has 2 rings (SSSR count). The van der Waals surface area contributed by atoms with E-state index in [1.807, 2.05) is 30.3 Å². The maximum absolute atomic E-state index is 11.3. The zero-order valence-corrected chi connectivity index (χ0v) is 10.00. The van der Waals surface area contributed by atoms with Crippen LogP contribution >= 0.6 is 0 Å². The fourth-order valence-corrected chi connectivity index (χ4v) is 1.61. The molecule has 90 valence electrons. The summed E-state index contributed by atoms with van der Waals surface area (Å²) in [5, 5.41) is 9.93. The number of rotatable bonds is 3. The largest absolute Gasteiger partial charge is 0.507 e. The zero-order chi connectivity index (χ0) is 13.0. The zero-order valence-electron chi connectivity index (χ0n) is 10.00. The Morgan fingerprint density at radius 2 is 1.83 bits per heavy atom. The first-order chi connectivity index (χ1) is 8.68. The molecule has 0 heterocycles. The lowest BCUT2D eigenvalue weighted by molar-refractivity contribution is 0.101. The fourth-order valence-electron chi connectivity index (χ4n) is 1.61. The number of ketones is 1. The summed E-state index contributed by atoms with van der Waals surface area (Å²) >= 11 is 0. The summed E-state index contributed by atoms with van der Waals surface area (Å²) in [4.78, 5) is 15.5. The smallest absolute Gasteiger partial charge is 0.163 e. The Morgan fingerprint density at radius 1 is 1.11 bits per heavy atom. The monoisotopic (exact) mass is 239 g/mol. The second kappa shape index (κ2) is 5.27. The molecule has 0 unspecified atom stereocenters. The van der Waals surface area contributed by atoms with Crippen LogP contribution in [0.5, 0.6) is 5.75 Å². The summed E-state index contributed by atoms with van der Waals surface area (Å²) in [5.74, 6) is -0.188. The summed E-state index contributed by atoms with van der Waals surface area (Å²) in [6.07, 6.45) is 1.55. The Morgan fingerprint density at radius 3 is 2.50 bits per heavy atom. The van der Waals surface area contributed by atoms with Crippen molar-refractivity contribution in [3.05, 3.63) is 59.7 Å². The number of carbonyl (C=O) groups excluding carboxylic acids is 1. The van der Waals surface area contributed by atoms with E-state index in [9.17, 15) is 9.90 Å². The Kier molecular flexibility index (Phi) is 3.53. The van der Waals surface area contributed by atoms with Crippen molar-refractivity contribution in [3.63, 3.8) is 0 Å². The van der Waals surface area contributed by atoms with Gasteiger partial charge < -0.3 is 5.11 Å². The molecule has 18 heavy (non-hydrogen) atoms. The minimum absolute atomic E-state index is 0.0234. The summed E-state index contributed by atoms with van der Waals surface area (Å²) in [6, 6.07) is 14.4. The average Bonchev–Trinajstić information content (AvgIpc) is 2.38. The van der Waals surface area contributed by atoms with Gasteiger partial charge in [0.1, 0.15) is 5.75 Å². The first-order valence-electron chi connectivity index (χ1n) is 5.60. The van der Waals surface area contributed by atoms with Crippen molar-refractivity contribution >= 4 is 17.7 Å². The second-order valence-electron chi connectivity index (χ2n) is 3.89. The number of aliphatic imine (C=N–C) groups is 1. The number of para-hydroxylation sites is 2. The normalized spacial score (nSPS) is 10.7. The molecule has 0 radical (unpaired) electrons. The minimum atomic E-state index is -0.164. The van der Waals surface area contributed by atoms with Crippen molar-refractivity contribution in [2.45, 2.75) is 6.92 Å². The molecule has 0 saturated heterocycles. The van der Waals surface area contributed by atoms with Crippen molar-refractivity contribution in [3.8, 4) is 5.75 Å². The van der Waals surface area contributed by atoms with Gasteiger partial charge >= 0.3 is 0 Å². The highest BCUT2D eigenvalue weighted by atomic mass is 16.3. The standard InChI is InChI=1S/C15H13NO2/c1-11(17)14-9-5-6-12(15(14)18)10-16-13-7-3-2-4-8-13/h2-10,18H,1H3. The molecule has 0 amide bonds. The van der Waals surface area contributed by atoms with Crippen LogP contribution in [0.1, 0.15) is 22.8 Å². The first kappa shape index (κ1) is 12.0. The number of phenolic OH excluding ortho intramolecular Hbond substituents is 1. The Bertz CT molecular complexity index is 589. The molecule has 0 saturated carbocycles. The Balaban J connectivity index is 2.33. The highest BCUT2D eigenvalue weighted by Crippen LogP contribution is 2.22. The maximum Gasteiger partial charge on any atom is 0.163 e. The van der Waals surface area contributed by atoms with E-state index in [1.165, 1.54) is 6.92 Å². The first-order valence-corrected chi connectivity index (χ1v) is 5.60. The molecule has 2 aromatic rings. The van der Waals surface area contributed by atoms with Crippen molar-refractivity contribution in [2.75, 3.05) is 0 Å². The van der Waals surface area contributed by atoms with E-state index in [-0.39, 0.29) is 11.5 Å². The van der Waals surface area contributed by atoms with Gasteiger partial charge in [-0.25, -0.2) is 0 Å². The SMILES string of the molecule is CC(=O)c1cccc(C=Nc2ccccc2)c1O. The third-order valence-electron chi connectivity index (χ3n) is 2.56. The van der Waals surface area contributed by atoms with Gasteiger partial charge in [0.15, 0.2) is 5.78 Å². The topological polar surface area (TPSA) is 49.7 Å². The Labute approximate surface area is 105 Å². The van der Waals surface area contributed by atoms with Gasteiger partial charge in [0.25, 0.3) is 0 Å². The van der Waals surface area contributed by atoms with Gasteiger partial charge in [0.2, 0.25) is 0 Å². The molecule has 0 aliphatic carbocycles. The molecular formula is C15H13NO2. The van der Waals surface area contributed by atoms with Gasteiger partial charge in [0.05, 0.1) is 11.3 Å². The van der Waals surface area contributed by atoms with E-state index in [0.29, 0.717) is 11.1 Å². The van der Waals surface area contributed by atoms with Gasteiger partial charge in [-0.15, -0.1) is 0 Å². The van der Waals surface area contributed by atoms with Crippen LogP contribution in [0.25, 0.3) is 0 Å². The highest BCUT2D eigenvalue weighted by molar-refractivity contribution is 6.00. The summed E-state index contributed by atoms with van der Waals surface area (Å²) < 4.78 is 0. The van der Waals surface area contributed by atoms with Crippen LogP contribution in [0, 0.1) is 0 Å². The van der Waals surface area contributed by atoms with Crippen LogP contribution in [0.3, 0.4) is 0 Å². The third-order valence-corrected chi connectivity index (χ3v) is 2.56. The fraction of sp³-hybridized carbons (Fsp3) is 0.0667. The van der Waals surface area contributed by atoms with Crippen molar-refractivity contribution in [1.82, 2.24) is 0 Å². The van der Waals surface area contributed by atoms with Crippen molar-refractivity contribution in [2.24, 2.45) is 4.99 Å². The number of benzene rings is 2. The van der Waals surface area contributed by atoms with Gasteiger partial charge in [-0.05, 0) is 31.2 Å². The molecule has 3 heteroatoms. The maximum atomic E-state index is 11.3. The number of hydrogen-bond acceptors (Lipinski definition) is 3. The van der Waals surface area contributed by atoms with Crippen molar-refractivity contribution in [1.29, 1.82) is 0 Å². The lowest BCUT2D eigenvalue weighted by Crippen LogP contribution is -1.95.